The number of rotatable bonds is 4. The lowest BCUT2D eigenvalue weighted by atomic mass is 9.97. The van der Waals surface area contributed by atoms with Crippen LogP contribution >= 0.6 is 11.6 Å². The highest BCUT2D eigenvalue weighted by Crippen LogP contribution is 2.20. The van der Waals surface area contributed by atoms with Crippen LogP contribution in [-0.2, 0) is 4.79 Å². The highest BCUT2D eigenvalue weighted by atomic mass is 35.5. The van der Waals surface area contributed by atoms with Gasteiger partial charge in [-0.05, 0) is 18.1 Å². The van der Waals surface area contributed by atoms with Gasteiger partial charge < -0.3 is 5.32 Å². The summed E-state index contributed by atoms with van der Waals surface area (Å²) in [6, 6.07) is 9.42. The van der Waals surface area contributed by atoms with Crippen molar-refractivity contribution in [2.45, 2.75) is 26.1 Å². The van der Waals surface area contributed by atoms with Crippen molar-refractivity contribution in [1.29, 1.82) is 0 Å². The van der Waals surface area contributed by atoms with Gasteiger partial charge in [0, 0.05) is 11.1 Å². The SMILES string of the molecule is CC(C)C(Cl)C(C)C(=O)Nc1ccccc1. The number of nitrogens with one attached hydrogen (secondary N) is 1. The van der Waals surface area contributed by atoms with E-state index in [9.17, 15) is 4.79 Å². The molecule has 0 fully saturated rings. The van der Waals surface area contributed by atoms with Crippen LogP contribution in [-0.4, -0.2) is 11.3 Å². The maximum atomic E-state index is 11.9. The average molecular weight is 240 g/mol. The zero-order chi connectivity index (χ0) is 12.1. The van der Waals surface area contributed by atoms with Crippen molar-refractivity contribution < 1.29 is 4.79 Å². The molecule has 0 radical (unpaired) electrons. The van der Waals surface area contributed by atoms with E-state index in [1.165, 1.54) is 0 Å². The number of alkyl halides is 1. The molecule has 0 aliphatic heterocycles. The van der Waals surface area contributed by atoms with Crippen LogP contribution in [0.5, 0.6) is 0 Å². The first kappa shape index (κ1) is 13.0. The number of hydrogen-bond acceptors (Lipinski definition) is 1. The number of carbonyl (C=O) groups is 1. The second-order valence-electron chi connectivity index (χ2n) is 4.33. The lowest BCUT2D eigenvalue weighted by Crippen LogP contribution is -2.30. The summed E-state index contributed by atoms with van der Waals surface area (Å²) >= 11 is 6.17. The van der Waals surface area contributed by atoms with Crippen molar-refractivity contribution >= 4 is 23.2 Å². The summed E-state index contributed by atoms with van der Waals surface area (Å²) in [4.78, 5) is 11.9. The lowest BCUT2D eigenvalue weighted by Gasteiger charge is -2.20. The summed E-state index contributed by atoms with van der Waals surface area (Å²) in [5.74, 6) is 0.0694. The van der Waals surface area contributed by atoms with E-state index in [4.69, 9.17) is 11.6 Å². The molecule has 0 spiro atoms. The highest BCUT2D eigenvalue weighted by molar-refractivity contribution is 6.22. The molecule has 1 N–H and O–H groups in total. The van der Waals surface area contributed by atoms with Crippen LogP contribution < -0.4 is 5.32 Å². The molecular weight excluding hydrogens is 222 g/mol. The topological polar surface area (TPSA) is 29.1 Å². The van der Waals surface area contributed by atoms with E-state index < -0.39 is 0 Å². The third kappa shape index (κ3) is 3.53. The number of hydrogen-bond donors (Lipinski definition) is 1. The summed E-state index contributed by atoms with van der Waals surface area (Å²) in [6.45, 7) is 5.89. The Hall–Kier alpha value is -1.02. The van der Waals surface area contributed by atoms with Gasteiger partial charge in [0.15, 0.2) is 0 Å². The Kier molecular flexibility index (Phi) is 4.81. The first-order valence-corrected chi connectivity index (χ1v) is 5.96. The maximum absolute atomic E-state index is 11.9. The van der Waals surface area contributed by atoms with E-state index in [0.29, 0.717) is 0 Å². The molecular formula is C13H18ClNO. The molecule has 2 nitrogen and oxygen atoms in total. The zero-order valence-electron chi connectivity index (χ0n) is 9.91. The number of benzene rings is 1. The van der Waals surface area contributed by atoms with Crippen molar-refractivity contribution in [1.82, 2.24) is 0 Å². The summed E-state index contributed by atoms with van der Waals surface area (Å²) in [6.07, 6.45) is 0. The Morgan fingerprint density at radius 3 is 2.25 bits per heavy atom. The minimum atomic E-state index is -0.193. The van der Waals surface area contributed by atoms with Crippen molar-refractivity contribution in [2.75, 3.05) is 5.32 Å². The van der Waals surface area contributed by atoms with E-state index >= 15 is 0 Å². The molecule has 1 aromatic rings. The Bertz CT molecular complexity index is 337. The summed E-state index contributed by atoms with van der Waals surface area (Å²) in [5.41, 5.74) is 0.812. The second kappa shape index (κ2) is 5.90. The monoisotopic (exact) mass is 239 g/mol. The number of anilines is 1. The molecule has 1 aromatic carbocycles. The molecule has 0 aliphatic carbocycles. The largest absolute Gasteiger partial charge is 0.326 e. The summed E-state index contributed by atoms with van der Waals surface area (Å²) in [5, 5.41) is 2.72. The lowest BCUT2D eigenvalue weighted by molar-refractivity contribution is -0.119. The number of amides is 1. The van der Waals surface area contributed by atoms with Gasteiger partial charge in [-0.3, -0.25) is 4.79 Å². The van der Waals surface area contributed by atoms with Gasteiger partial charge >= 0.3 is 0 Å². The van der Waals surface area contributed by atoms with E-state index in [-0.39, 0.29) is 23.1 Å². The normalized spacial score (nSPS) is 14.6. The summed E-state index contributed by atoms with van der Waals surface area (Å²) in [7, 11) is 0. The van der Waals surface area contributed by atoms with Crippen LogP contribution in [0.4, 0.5) is 5.69 Å². The van der Waals surface area contributed by atoms with Gasteiger partial charge in [-0.2, -0.15) is 0 Å². The fourth-order valence-corrected chi connectivity index (χ4v) is 1.61. The molecule has 0 bridgehead atoms. The number of carbonyl (C=O) groups excluding carboxylic acids is 1. The molecule has 1 amide bonds. The first-order chi connectivity index (χ1) is 7.52. The predicted molar refractivity (Wildman–Crippen MR) is 68.7 cm³/mol. The van der Waals surface area contributed by atoms with E-state index in [0.717, 1.165) is 5.69 Å². The van der Waals surface area contributed by atoms with E-state index in [1.54, 1.807) is 0 Å². The minimum Gasteiger partial charge on any atom is -0.326 e. The van der Waals surface area contributed by atoms with Crippen LogP contribution in [0.3, 0.4) is 0 Å². The quantitative estimate of drug-likeness (QED) is 0.801. The molecule has 16 heavy (non-hydrogen) atoms. The fraction of sp³-hybridized carbons (Fsp3) is 0.462. The van der Waals surface area contributed by atoms with Crippen LogP contribution in [0, 0.1) is 11.8 Å². The van der Waals surface area contributed by atoms with E-state index in [1.807, 2.05) is 51.1 Å². The third-order valence-electron chi connectivity index (χ3n) is 2.57. The van der Waals surface area contributed by atoms with Crippen LogP contribution in [0.2, 0.25) is 0 Å². The van der Waals surface area contributed by atoms with Crippen molar-refractivity contribution in [3.63, 3.8) is 0 Å². The van der Waals surface area contributed by atoms with Crippen molar-refractivity contribution in [3.8, 4) is 0 Å². The zero-order valence-corrected chi connectivity index (χ0v) is 10.7. The third-order valence-corrected chi connectivity index (χ3v) is 3.45. The summed E-state index contributed by atoms with van der Waals surface area (Å²) < 4.78 is 0. The fourth-order valence-electron chi connectivity index (χ4n) is 1.50. The Morgan fingerprint density at radius 1 is 1.19 bits per heavy atom. The molecule has 0 saturated carbocycles. The smallest absolute Gasteiger partial charge is 0.228 e. The van der Waals surface area contributed by atoms with Gasteiger partial charge in [-0.15, -0.1) is 11.6 Å². The molecule has 0 aliphatic rings. The number of para-hydroxylation sites is 1. The van der Waals surface area contributed by atoms with Gasteiger partial charge in [-0.1, -0.05) is 39.0 Å². The van der Waals surface area contributed by atoms with Crippen LogP contribution in [0.1, 0.15) is 20.8 Å². The molecule has 1 rings (SSSR count). The van der Waals surface area contributed by atoms with E-state index in [2.05, 4.69) is 5.32 Å². The number of halogens is 1. The maximum Gasteiger partial charge on any atom is 0.228 e. The van der Waals surface area contributed by atoms with Crippen molar-refractivity contribution in [2.24, 2.45) is 11.8 Å². The Balaban J connectivity index is 2.59. The minimum absolute atomic E-state index is 0.0279. The van der Waals surface area contributed by atoms with Crippen LogP contribution in [0.25, 0.3) is 0 Å². The first-order valence-electron chi connectivity index (χ1n) is 5.52. The standard InChI is InChI=1S/C13H18ClNO/c1-9(2)12(14)10(3)13(16)15-11-7-5-4-6-8-11/h4-10,12H,1-3H3,(H,15,16). The van der Waals surface area contributed by atoms with Gasteiger partial charge in [0.25, 0.3) is 0 Å². The predicted octanol–water partition coefficient (Wildman–Crippen LogP) is 3.52. The Morgan fingerprint density at radius 2 is 1.75 bits per heavy atom. The molecule has 0 saturated heterocycles. The average Bonchev–Trinajstić information content (AvgIpc) is 2.28. The Labute approximate surface area is 102 Å². The van der Waals surface area contributed by atoms with Gasteiger partial charge in [-0.25, -0.2) is 0 Å². The molecule has 0 heterocycles. The molecule has 2 atom stereocenters. The molecule has 0 aromatic heterocycles. The van der Waals surface area contributed by atoms with Gasteiger partial charge in [0.1, 0.15) is 0 Å². The van der Waals surface area contributed by atoms with Crippen molar-refractivity contribution in [3.05, 3.63) is 30.3 Å². The molecule has 3 heteroatoms. The van der Waals surface area contributed by atoms with Crippen LogP contribution in [0.15, 0.2) is 30.3 Å². The molecule has 2 unspecified atom stereocenters. The highest BCUT2D eigenvalue weighted by Gasteiger charge is 2.24. The second-order valence-corrected chi connectivity index (χ2v) is 4.84. The van der Waals surface area contributed by atoms with Gasteiger partial charge in [0.05, 0.1) is 5.92 Å². The van der Waals surface area contributed by atoms with Gasteiger partial charge in [0.2, 0.25) is 5.91 Å². The molecule has 88 valence electrons.